The van der Waals surface area contributed by atoms with Gasteiger partial charge in [-0.25, -0.2) is 9.07 Å². The monoisotopic (exact) mass is 471 g/mol. The predicted octanol–water partition coefficient (Wildman–Crippen LogP) is 5.43. The Kier molecular flexibility index (Phi) is 5.60. The maximum atomic E-state index is 13.3. The van der Waals surface area contributed by atoms with Crippen molar-refractivity contribution >= 4 is 44.7 Å². The molecule has 5 rings (SSSR count). The van der Waals surface area contributed by atoms with E-state index in [2.05, 4.69) is 20.7 Å². The van der Waals surface area contributed by atoms with Gasteiger partial charge in [-0.1, -0.05) is 6.07 Å². The predicted molar refractivity (Wildman–Crippen MR) is 130 cm³/mol. The van der Waals surface area contributed by atoms with Gasteiger partial charge in [-0.3, -0.25) is 14.6 Å². The van der Waals surface area contributed by atoms with Crippen LogP contribution in [0.1, 0.15) is 25.7 Å². The summed E-state index contributed by atoms with van der Waals surface area (Å²) in [6, 6.07) is 17.9. The van der Waals surface area contributed by atoms with Gasteiger partial charge >= 0.3 is 0 Å². The Hall–Kier alpha value is -4.37. The van der Waals surface area contributed by atoms with Crippen LogP contribution in [0.15, 0.2) is 79.1 Å². The summed E-state index contributed by atoms with van der Waals surface area (Å²) in [5.41, 5.74) is 3.02. The van der Waals surface area contributed by atoms with Crippen molar-refractivity contribution in [2.24, 2.45) is 0 Å². The number of amides is 2. The molecule has 0 atom stereocenters. The van der Waals surface area contributed by atoms with Crippen LogP contribution in [-0.4, -0.2) is 26.6 Å². The normalized spacial score (nSPS) is 10.9. The summed E-state index contributed by atoms with van der Waals surface area (Å²) in [6.07, 6.45) is 3.18. The van der Waals surface area contributed by atoms with Gasteiger partial charge in [0.15, 0.2) is 0 Å². The number of hydrogen-bond donors (Lipinski definition) is 2. The molecule has 2 N–H and O–H groups in total. The fourth-order valence-corrected chi connectivity index (χ4v) is 4.56. The second kappa shape index (κ2) is 8.87. The fourth-order valence-electron chi connectivity index (χ4n) is 3.49. The van der Waals surface area contributed by atoms with Crippen molar-refractivity contribution in [3.8, 4) is 5.69 Å². The van der Waals surface area contributed by atoms with Gasteiger partial charge in [0.05, 0.1) is 16.3 Å². The molecule has 168 valence electrons. The number of carbonyl (C=O) groups excluding carboxylic acids is 2. The minimum Gasteiger partial charge on any atom is -0.322 e. The van der Waals surface area contributed by atoms with E-state index in [1.165, 1.54) is 23.5 Å². The average molecular weight is 472 g/mol. The van der Waals surface area contributed by atoms with Crippen LogP contribution in [-0.2, 0) is 0 Å². The smallest absolute Gasteiger partial charge is 0.265 e. The SMILES string of the molecule is Cc1nn(-c2ccc(F)cc2)c2sc(C(=O)Nc3cccc(C(=O)Nc4ccncc4)c3)cc12. The number of aryl methyl sites for hydroxylation is 1. The number of fused-ring (bicyclic) bond motifs is 1. The van der Waals surface area contributed by atoms with Gasteiger partial charge in [-0.05, 0) is 67.6 Å². The number of nitrogens with zero attached hydrogens (tertiary/aromatic N) is 3. The highest BCUT2D eigenvalue weighted by atomic mass is 32.1. The van der Waals surface area contributed by atoms with E-state index in [0.29, 0.717) is 27.5 Å². The molecule has 0 aliphatic heterocycles. The molecule has 5 aromatic rings. The lowest BCUT2D eigenvalue weighted by atomic mass is 10.2. The van der Waals surface area contributed by atoms with Crippen molar-refractivity contribution in [3.05, 3.63) is 101 Å². The Balaban J connectivity index is 1.37. The van der Waals surface area contributed by atoms with Crippen LogP contribution in [0.4, 0.5) is 15.8 Å². The van der Waals surface area contributed by atoms with E-state index in [1.807, 2.05) is 6.92 Å². The molecule has 7 nitrogen and oxygen atoms in total. The number of nitrogens with one attached hydrogen (secondary N) is 2. The summed E-state index contributed by atoms with van der Waals surface area (Å²) in [7, 11) is 0. The third-order valence-corrected chi connectivity index (χ3v) is 6.27. The van der Waals surface area contributed by atoms with E-state index in [1.54, 1.807) is 71.7 Å². The molecule has 0 bridgehead atoms. The topological polar surface area (TPSA) is 88.9 Å². The van der Waals surface area contributed by atoms with Crippen molar-refractivity contribution in [1.29, 1.82) is 0 Å². The lowest BCUT2D eigenvalue weighted by Gasteiger charge is -2.08. The highest BCUT2D eigenvalue weighted by Crippen LogP contribution is 2.31. The molecular formula is C25H18FN5O2S. The molecule has 3 aromatic heterocycles. The average Bonchev–Trinajstić information content (AvgIpc) is 3.41. The number of hydrogen-bond acceptors (Lipinski definition) is 5. The van der Waals surface area contributed by atoms with Crippen LogP contribution in [0.25, 0.3) is 15.9 Å². The quantitative estimate of drug-likeness (QED) is 0.358. The van der Waals surface area contributed by atoms with E-state index in [-0.39, 0.29) is 17.6 Å². The van der Waals surface area contributed by atoms with E-state index < -0.39 is 0 Å². The molecule has 0 saturated heterocycles. The summed E-state index contributed by atoms with van der Waals surface area (Å²) in [5.74, 6) is -0.913. The molecule has 34 heavy (non-hydrogen) atoms. The van der Waals surface area contributed by atoms with Crippen molar-refractivity contribution in [1.82, 2.24) is 14.8 Å². The van der Waals surface area contributed by atoms with Gasteiger partial charge in [-0.15, -0.1) is 11.3 Å². The summed E-state index contributed by atoms with van der Waals surface area (Å²) in [4.78, 5) is 30.7. The zero-order valence-corrected chi connectivity index (χ0v) is 18.8. The lowest BCUT2D eigenvalue weighted by molar-refractivity contribution is 0.101. The lowest BCUT2D eigenvalue weighted by Crippen LogP contribution is -2.14. The number of anilines is 2. The Bertz CT molecular complexity index is 1510. The summed E-state index contributed by atoms with van der Waals surface area (Å²) >= 11 is 1.29. The van der Waals surface area contributed by atoms with Gasteiger partial charge in [0, 0.05) is 34.7 Å². The second-order valence-corrected chi connectivity index (χ2v) is 8.56. The van der Waals surface area contributed by atoms with Gasteiger partial charge in [0.25, 0.3) is 11.8 Å². The first-order valence-corrected chi connectivity index (χ1v) is 11.2. The summed E-state index contributed by atoms with van der Waals surface area (Å²) in [6.45, 7) is 1.86. The summed E-state index contributed by atoms with van der Waals surface area (Å²) < 4.78 is 15.0. The standard InChI is InChI=1S/C25H18FN5O2S/c1-15-21-14-22(34-25(21)31(30-15)20-7-5-17(26)6-8-20)24(33)29-19-4-2-3-16(13-19)23(32)28-18-9-11-27-12-10-18/h2-14H,1H3,(H,29,33)(H,27,28,32). The number of benzene rings is 2. The van der Waals surface area contributed by atoms with E-state index in [9.17, 15) is 14.0 Å². The molecule has 0 aliphatic rings. The molecule has 0 spiro atoms. The maximum absolute atomic E-state index is 13.3. The number of halogens is 1. The second-order valence-electron chi connectivity index (χ2n) is 7.53. The minimum atomic E-state index is -0.327. The fraction of sp³-hybridized carbons (Fsp3) is 0.0400. The van der Waals surface area contributed by atoms with Crippen molar-refractivity contribution in [2.75, 3.05) is 10.6 Å². The van der Waals surface area contributed by atoms with Crippen molar-refractivity contribution in [2.45, 2.75) is 6.92 Å². The molecule has 0 aliphatic carbocycles. The van der Waals surface area contributed by atoms with Crippen LogP contribution in [0.5, 0.6) is 0 Å². The molecule has 0 saturated carbocycles. The Morgan fingerprint density at radius 3 is 2.41 bits per heavy atom. The van der Waals surface area contributed by atoms with Gasteiger partial charge in [0.2, 0.25) is 0 Å². The van der Waals surface area contributed by atoms with Gasteiger partial charge < -0.3 is 10.6 Å². The van der Waals surface area contributed by atoms with Crippen molar-refractivity contribution < 1.29 is 14.0 Å². The number of rotatable bonds is 5. The molecule has 9 heteroatoms. The third-order valence-electron chi connectivity index (χ3n) is 5.16. The molecule has 2 amide bonds. The van der Waals surface area contributed by atoms with Crippen LogP contribution in [0.2, 0.25) is 0 Å². The first-order chi connectivity index (χ1) is 16.5. The molecule has 0 radical (unpaired) electrons. The third kappa shape index (κ3) is 4.28. The van der Waals surface area contributed by atoms with Crippen LogP contribution in [0, 0.1) is 12.7 Å². The van der Waals surface area contributed by atoms with Crippen LogP contribution >= 0.6 is 11.3 Å². The van der Waals surface area contributed by atoms with Crippen LogP contribution in [0.3, 0.4) is 0 Å². The zero-order chi connectivity index (χ0) is 23.7. The number of carbonyl (C=O) groups is 2. The maximum Gasteiger partial charge on any atom is 0.265 e. The summed E-state index contributed by atoms with van der Waals surface area (Å²) in [5, 5.41) is 11.0. The first kappa shape index (κ1) is 21.5. The number of aromatic nitrogens is 3. The van der Waals surface area contributed by atoms with Gasteiger partial charge in [0.1, 0.15) is 10.6 Å². The molecule has 2 aromatic carbocycles. The van der Waals surface area contributed by atoms with Crippen molar-refractivity contribution in [3.63, 3.8) is 0 Å². The van der Waals surface area contributed by atoms with Crippen LogP contribution < -0.4 is 10.6 Å². The molecular weight excluding hydrogens is 453 g/mol. The molecule has 0 fully saturated rings. The highest BCUT2D eigenvalue weighted by molar-refractivity contribution is 7.20. The zero-order valence-electron chi connectivity index (χ0n) is 17.9. The number of pyridine rings is 1. The van der Waals surface area contributed by atoms with Gasteiger partial charge in [-0.2, -0.15) is 5.10 Å². The Labute approximate surface area is 197 Å². The van der Waals surface area contributed by atoms with E-state index in [4.69, 9.17) is 0 Å². The largest absolute Gasteiger partial charge is 0.322 e. The Morgan fingerprint density at radius 2 is 1.65 bits per heavy atom. The molecule has 0 unspecified atom stereocenters. The Morgan fingerprint density at radius 1 is 0.912 bits per heavy atom. The highest BCUT2D eigenvalue weighted by Gasteiger charge is 2.18. The first-order valence-electron chi connectivity index (χ1n) is 10.4. The van der Waals surface area contributed by atoms with E-state index in [0.717, 1.165) is 15.9 Å². The van der Waals surface area contributed by atoms with E-state index >= 15 is 0 Å². The molecule has 3 heterocycles. The number of thiophene rings is 1. The minimum absolute atomic E-state index is 0.292.